The molecule has 0 saturated carbocycles. The lowest BCUT2D eigenvalue weighted by molar-refractivity contribution is -0.120. The van der Waals surface area contributed by atoms with Crippen LogP contribution in [-0.4, -0.2) is 51.9 Å². The molecule has 142 valence electrons. The van der Waals surface area contributed by atoms with Crippen LogP contribution in [0.1, 0.15) is 26.0 Å². The monoisotopic (exact) mass is 398 g/mol. The summed E-state index contributed by atoms with van der Waals surface area (Å²) in [5, 5.41) is 11.5. The molecule has 0 radical (unpaired) electrons. The van der Waals surface area contributed by atoms with Crippen molar-refractivity contribution in [1.29, 1.82) is 0 Å². The molecule has 1 amide bonds. The predicted octanol–water partition coefficient (Wildman–Crippen LogP) is 1.65. The number of aromatic nitrogens is 3. The molecule has 1 aliphatic heterocycles. The molecule has 1 saturated heterocycles. The van der Waals surface area contributed by atoms with Crippen molar-refractivity contribution in [3.8, 4) is 11.4 Å². The standard InChI is InChI=1S/C16H22N4O4S2/c1-4-20-14(13-5-7-24-10(13)2)18-19-16(20)25-11(3)15(21)17-12-6-8-26(22,23)9-12/h5,7,11-12H,4,6,8-9H2,1-3H3,(H,17,21)/t11-,12+/m0/s1. The molecular formula is C16H22N4O4S2. The van der Waals surface area contributed by atoms with Crippen LogP contribution in [0.4, 0.5) is 0 Å². The normalized spacial score (nSPS) is 20.2. The zero-order valence-corrected chi connectivity index (χ0v) is 16.6. The average molecular weight is 399 g/mol. The largest absolute Gasteiger partial charge is 0.469 e. The van der Waals surface area contributed by atoms with Crippen molar-refractivity contribution in [2.75, 3.05) is 11.5 Å². The number of rotatable bonds is 6. The first-order chi connectivity index (χ1) is 12.3. The van der Waals surface area contributed by atoms with Crippen LogP contribution in [0.5, 0.6) is 0 Å². The molecule has 2 atom stereocenters. The average Bonchev–Trinajstić information content (AvgIpc) is 3.26. The fourth-order valence-corrected chi connectivity index (χ4v) is 5.51. The number of nitrogens with zero attached hydrogens (tertiary/aromatic N) is 3. The van der Waals surface area contributed by atoms with Gasteiger partial charge in [0.2, 0.25) is 5.91 Å². The molecule has 26 heavy (non-hydrogen) atoms. The van der Waals surface area contributed by atoms with E-state index in [1.165, 1.54) is 11.8 Å². The Kier molecular flexibility index (Phi) is 5.42. The maximum absolute atomic E-state index is 12.4. The topological polar surface area (TPSA) is 107 Å². The van der Waals surface area contributed by atoms with Crippen molar-refractivity contribution < 1.29 is 17.6 Å². The molecule has 0 spiro atoms. The van der Waals surface area contributed by atoms with E-state index in [0.29, 0.717) is 23.9 Å². The third-order valence-corrected chi connectivity index (χ3v) is 7.21. The van der Waals surface area contributed by atoms with Gasteiger partial charge in [0.15, 0.2) is 20.8 Å². The van der Waals surface area contributed by atoms with E-state index in [0.717, 1.165) is 11.3 Å². The summed E-state index contributed by atoms with van der Waals surface area (Å²) in [6.07, 6.45) is 2.08. The van der Waals surface area contributed by atoms with E-state index in [4.69, 9.17) is 4.42 Å². The first kappa shape index (κ1) is 19.0. The molecule has 0 bridgehead atoms. The SMILES string of the molecule is CCn1c(S[C@@H](C)C(=O)N[C@@H]2CCS(=O)(=O)C2)nnc1-c1ccoc1C. The van der Waals surface area contributed by atoms with Crippen LogP contribution in [0.25, 0.3) is 11.4 Å². The third kappa shape index (κ3) is 3.96. The Morgan fingerprint density at radius 1 is 1.50 bits per heavy atom. The minimum absolute atomic E-state index is 0.0190. The molecule has 1 N–H and O–H groups in total. The molecule has 2 aromatic heterocycles. The summed E-state index contributed by atoms with van der Waals surface area (Å²) in [5.41, 5.74) is 0.875. The van der Waals surface area contributed by atoms with Crippen molar-refractivity contribution >= 4 is 27.5 Å². The van der Waals surface area contributed by atoms with Gasteiger partial charge >= 0.3 is 0 Å². The van der Waals surface area contributed by atoms with Gasteiger partial charge in [-0.05, 0) is 33.3 Å². The quantitative estimate of drug-likeness (QED) is 0.737. The fraction of sp³-hybridized carbons (Fsp3) is 0.562. The number of hydrogen-bond donors (Lipinski definition) is 1. The number of aryl methyl sites for hydroxylation is 1. The van der Waals surface area contributed by atoms with Crippen molar-refractivity contribution in [2.24, 2.45) is 0 Å². The number of hydrogen-bond acceptors (Lipinski definition) is 7. The van der Waals surface area contributed by atoms with E-state index in [9.17, 15) is 13.2 Å². The van der Waals surface area contributed by atoms with Gasteiger partial charge in [0, 0.05) is 12.6 Å². The van der Waals surface area contributed by atoms with Crippen molar-refractivity contribution in [3.63, 3.8) is 0 Å². The molecular weight excluding hydrogens is 376 g/mol. The lowest BCUT2D eigenvalue weighted by atomic mass is 10.2. The number of carbonyl (C=O) groups excluding carboxylic acids is 1. The zero-order chi connectivity index (χ0) is 18.9. The highest BCUT2D eigenvalue weighted by molar-refractivity contribution is 8.00. The first-order valence-corrected chi connectivity index (χ1v) is 11.2. The Bertz CT molecular complexity index is 903. The van der Waals surface area contributed by atoms with Crippen molar-refractivity contribution in [2.45, 2.75) is 50.2 Å². The second kappa shape index (κ2) is 7.43. The number of sulfone groups is 1. The van der Waals surface area contributed by atoms with Gasteiger partial charge in [0.25, 0.3) is 0 Å². The van der Waals surface area contributed by atoms with Gasteiger partial charge in [-0.15, -0.1) is 10.2 Å². The van der Waals surface area contributed by atoms with Gasteiger partial charge in [-0.25, -0.2) is 8.42 Å². The van der Waals surface area contributed by atoms with Gasteiger partial charge in [-0.2, -0.15) is 0 Å². The highest BCUT2D eigenvalue weighted by Crippen LogP contribution is 2.29. The van der Waals surface area contributed by atoms with E-state index < -0.39 is 15.1 Å². The van der Waals surface area contributed by atoms with Crippen LogP contribution in [-0.2, 0) is 21.2 Å². The molecule has 0 unspecified atom stereocenters. The van der Waals surface area contributed by atoms with E-state index in [1.54, 1.807) is 13.2 Å². The number of furan rings is 1. The molecule has 2 aromatic rings. The Morgan fingerprint density at radius 3 is 2.85 bits per heavy atom. The van der Waals surface area contributed by atoms with Crippen LogP contribution in [0.15, 0.2) is 21.9 Å². The van der Waals surface area contributed by atoms with Gasteiger partial charge < -0.3 is 14.3 Å². The molecule has 0 aliphatic carbocycles. The number of amides is 1. The molecule has 3 rings (SSSR count). The van der Waals surface area contributed by atoms with Crippen LogP contribution in [0.3, 0.4) is 0 Å². The summed E-state index contributed by atoms with van der Waals surface area (Å²) in [5.74, 6) is 1.43. The molecule has 8 nitrogen and oxygen atoms in total. The van der Waals surface area contributed by atoms with Crippen molar-refractivity contribution in [1.82, 2.24) is 20.1 Å². The lowest BCUT2D eigenvalue weighted by Gasteiger charge is -2.15. The van der Waals surface area contributed by atoms with Gasteiger partial charge in [-0.1, -0.05) is 11.8 Å². The van der Waals surface area contributed by atoms with Gasteiger partial charge in [-0.3, -0.25) is 4.79 Å². The molecule has 1 aliphatic rings. The van der Waals surface area contributed by atoms with E-state index in [1.807, 2.05) is 24.5 Å². The van der Waals surface area contributed by atoms with E-state index >= 15 is 0 Å². The summed E-state index contributed by atoms with van der Waals surface area (Å²) in [6, 6.07) is 1.54. The zero-order valence-electron chi connectivity index (χ0n) is 14.9. The predicted molar refractivity (Wildman–Crippen MR) is 98.7 cm³/mol. The highest BCUT2D eigenvalue weighted by atomic mass is 32.2. The summed E-state index contributed by atoms with van der Waals surface area (Å²) >= 11 is 1.31. The highest BCUT2D eigenvalue weighted by Gasteiger charge is 2.30. The fourth-order valence-electron chi connectivity index (χ4n) is 2.92. The Hall–Kier alpha value is -1.81. The minimum Gasteiger partial charge on any atom is -0.469 e. The van der Waals surface area contributed by atoms with E-state index in [-0.39, 0.29) is 23.5 Å². The van der Waals surface area contributed by atoms with Crippen LogP contribution in [0.2, 0.25) is 0 Å². The smallest absolute Gasteiger partial charge is 0.233 e. The van der Waals surface area contributed by atoms with E-state index in [2.05, 4.69) is 15.5 Å². The minimum atomic E-state index is -3.02. The van der Waals surface area contributed by atoms with Gasteiger partial charge in [0.1, 0.15) is 5.76 Å². The van der Waals surface area contributed by atoms with Crippen LogP contribution < -0.4 is 5.32 Å². The molecule has 3 heterocycles. The summed E-state index contributed by atoms with van der Waals surface area (Å²) < 4.78 is 30.3. The summed E-state index contributed by atoms with van der Waals surface area (Å²) in [7, 11) is -3.02. The summed E-state index contributed by atoms with van der Waals surface area (Å²) in [4.78, 5) is 12.4. The Balaban J connectivity index is 1.69. The summed E-state index contributed by atoms with van der Waals surface area (Å²) in [6.45, 7) is 6.29. The number of nitrogens with one attached hydrogen (secondary N) is 1. The second-order valence-corrected chi connectivity index (χ2v) is 9.85. The van der Waals surface area contributed by atoms with Gasteiger partial charge in [0.05, 0.1) is 28.6 Å². The number of thioether (sulfide) groups is 1. The van der Waals surface area contributed by atoms with Crippen LogP contribution in [0, 0.1) is 6.92 Å². The Morgan fingerprint density at radius 2 is 2.27 bits per heavy atom. The number of carbonyl (C=O) groups is 1. The maximum Gasteiger partial charge on any atom is 0.233 e. The third-order valence-electron chi connectivity index (χ3n) is 4.36. The molecule has 1 fully saturated rings. The van der Waals surface area contributed by atoms with Crippen molar-refractivity contribution in [3.05, 3.63) is 18.1 Å². The maximum atomic E-state index is 12.4. The molecule has 10 heteroatoms. The lowest BCUT2D eigenvalue weighted by Crippen LogP contribution is -2.40. The van der Waals surface area contributed by atoms with Crippen LogP contribution >= 0.6 is 11.8 Å². The second-order valence-electron chi connectivity index (χ2n) is 6.31. The first-order valence-electron chi connectivity index (χ1n) is 8.46. The Labute approximate surface area is 156 Å². The molecule has 0 aromatic carbocycles.